The van der Waals surface area contributed by atoms with Gasteiger partial charge in [0.1, 0.15) is 12.1 Å². The second-order valence-electron chi connectivity index (χ2n) is 6.96. The van der Waals surface area contributed by atoms with E-state index in [1.165, 1.54) is 24.3 Å². The van der Waals surface area contributed by atoms with Crippen LogP contribution in [0.1, 0.15) is 29.5 Å². The summed E-state index contributed by atoms with van der Waals surface area (Å²) in [6, 6.07) is 9.28. The number of aldehydes is 1. The molecule has 0 spiro atoms. The van der Waals surface area contributed by atoms with Crippen molar-refractivity contribution in [3.63, 3.8) is 0 Å². The van der Waals surface area contributed by atoms with Gasteiger partial charge in [-0.3, -0.25) is 0 Å². The maximum absolute atomic E-state index is 14.9. The molecule has 1 aliphatic heterocycles. The van der Waals surface area contributed by atoms with E-state index < -0.39 is 23.7 Å². The quantitative estimate of drug-likeness (QED) is 0.484. The summed E-state index contributed by atoms with van der Waals surface area (Å²) in [6.07, 6.45) is -0.511. The van der Waals surface area contributed by atoms with Crippen LogP contribution in [0, 0.1) is 18.7 Å². The summed E-state index contributed by atoms with van der Waals surface area (Å²) in [5, 5.41) is 0. The normalized spacial score (nSPS) is 20.5. The molecule has 0 N–H and O–H groups in total. The number of carbonyl (C=O) groups is 1. The van der Waals surface area contributed by atoms with Crippen LogP contribution in [0.15, 0.2) is 42.5 Å². The third kappa shape index (κ3) is 4.50. The van der Waals surface area contributed by atoms with Gasteiger partial charge in [-0.05, 0) is 30.9 Å². The Balaban J connectivity index is 1.93. The predicted molar refractivity (Wildman–Crippen MR) is 99.1 cm³/mol. The van der Waals surface area contributed by atoms with E-state index in [0.29, 0.717) is 18.4 Å². The first-order valence-corrected chi connectivity index (χ1v) is 9.01. The van der Waals surface area contributed by atoms with Crippen molar-refractivity contribution in [2.24, 2.45) is 5.92 Å². The van der Waals surface area contributed by atoms with Gasteiger partial charge in [-0.1, -0.05) is 54.1 Å². The Morgan fingerprint density at radius 1 is 1.07 bits per heavy atom. The van der Waals surface area contributed by atoms with E-state index in [1.54, 1.807) is 24.3 Å². The molecule has 28 heavy (non-hydrogen) atoms. The Morgan fingerprint density at radius 3 is 2.36 bits per heavy atom. The summed E-state index contributed by atoms with van der Waals surface area (Å²) in [5.74, 6) is -1.47. The first-order valence-electron chi connectivity index (χ1n) is 9.01. The summed E-state index contributed by atoms with van der Waals surface area (Å²) in [4.78, 5) is 10.7. The highest BCUT2D eigenvalue weighted by molar-refractivity contribution is 5.69. The molecule has 1 saturated heterocycles. The maximum Gasteiger partial charge on any atom is 0.419 e. The van der Waals surface area contributed by atoms with Crippen LogP contribution in [0.5, 0.6) is 0 Å². The topological polar surface area (TPSA) is 26.3 Å². The molecule has 2 unspecified atom stereocenters. The molecule has 6 heteroatoms. The zero-order chi connectivity index (χ0) is 20.3. The number of hydrogen-bond donors (Lipinski definition) is 0. The summed E-state index contributed by atoms with van der Waals surface area (Å²) in [6.45, 7) is 2.09. The number of rotatable bonds is 4. The lowest BCUT2D eigenvalue weighted by atomic mass is 9.95. The number of benzene rings is 2. The minimum atomic E-state index is -4.83. The van der Waals surface area contributed by atoms with Gasteiger partial charge in [-0.25, -0.2) is 4.39 Å². The first kappa shape index (κ1) is 20.3. The standard InChI is InChI=1S/C22H20F4O2/c1-14-2-5-16(6-3-14)19-11-8-17(20(21(19)23)22(24,25)26)7-10-18-9-4-15(12-27)13-28-18/h2-3,5-8,10-12,15,18H,4,9,13H2,1H3/b10-7+. The lowest BCUT2D eigenvalue weighted by Crippen LogP contribution is -2.25. The number of hydrogen-bond acceptors (Lipinski definition) is 2. The molecule has 2 aromatic rings. The lowest BCUT2D eigenvalue weighted by molar-refractivity contribution is -0.140. The highest BCUT2D eigenvalue weighted by atomic mass is 19.4. The monoisotopic (exact) mass is 392 g/mol. The molecule has 0 radical (unpaired) electrons. The summed E-state index contributed by atoms with van der Waals surface area (Å²) in [5.41, 5.74) is -0.304. The summed E-state index contributed by atoms with van der Waals surface area (Å²) < 4.78 is 61.1. The van der Waals surface area contributed by atoms with Crippen LogP contribution in [0.4, 0.5) is 17.6 Å². The molecule has 2 atom stereocenters. The van der Waals surface area contributed by atoms with E-state index in [-0.39, 0.29) is 23.7 Å². The largest absolute Gasteiger partial charge is 0.419 e. The third-order valence-electron chi connectivity index (χ3n) is 4.85. The molecule has 2 nitrogen and oxygen atoms in total. The van der Waals surface area contributed by atoms with Gasteiger partial charge in [0.05, 0.1) is 18.3 Å². The lowest BCUT2D eigenvalue weighted by Gasteiger charge is -2.24. The van der Waals surface area contributed by atoms with Gasteiger partial charge in [0.15, 0.2) is 0 Å². The number of alkyl halides is 3. The number of halogens is 4. The number of ether oxygens (including phenoxy) is 1. The molecule has 2 aromatic carbocycles. The predicted octanol–water partition coefficient (Wildman–Crippen LogP) is 5.83. The molecule has 0 aromatic heterocycles. The molecular weight excluding hydrogens is 372 g/mol. The van der Waals surface area contributed by atoms with E-state index in [1.807, 2.05) is 6.92 Å². The van der Waals surface area contributed by atoms with Gasteiger partial charge in [0.25, 0.3) is 0 Å². The minimum absolute atomic E-state index is 0.0905. The fourth-order valence-electron chi connectivity index (χ4n) is 3.24. The molecule has 0 aliphatic carbocycles. The van der Waals surface area contributed by atoms with Crippen LogP contribution in [-0.4, -0.2) is 19.0 Å². The van der Waals surface area contributed by atoms with Gasteiger partial charge >= 0.3 is 6.18 Å². The minimum Gasteiger partial charge on any atom is -0.373 e. The maximum atomic E-state index is 14.9. The fraction of sp³-hybridized carbons (Fsp3) is 0.318. The average molecular weight is 392 g/mol. The number of carbonyl (C=O) groups excluding carboxylic acids is 1. The molecule has 0 amide bonds. The highest BCUT2D eigenvalue weighted by Gasteiger charge is 2.37. The molecule has 1 heterocycles. The zero-order valence-electron chi connectivity index (χ0n) is 15.3. The van der Waals surface area contributed by atoms with E-state index >= 15 is 0 Å². The second-order valence-corrected chi connectivity index (χ2v) is 6.96. The van der Waals surface area contributed by atoms with Crippen molar-refractivity contribution in [2.45, 2.75) is 32.0 Å². The van der Waals surface area contributed by atoms with Crippen LogP contribution in [0.2, 0.25) is 0 Å². The van der Waals surface area contributed by atoms with Crippen LogP contribution >= 0.6 is 0 Å². The fourth-order valence-corrected chi connectivity index (χ4v) is 3.24. The number of aryl methyl sites for hydroxylation is 1. The Morgan fingerprint density at radius 2 is 1.79 bits per heavy atom. The van der Waals surface area contributed by atoms with Crippen LogP contribution < -0.4 is 0 Å². The second kappa shape index (κ2) is 8.27. The molecule has 1 aliphatic rings. The summed E-state index contributed by atoms with van der Waals surface area (Å²) in [7, 11) is 0. The van der Waals surface area contributed by atoms with Crippen LogP contribution in [-0.2, 0) is 15.7 Å². The zero-order valence-corrected chi connectivity index (χ0v) is 15.3. The average Bonchev–Trinajstić information content (AvgIpc) is 2.66. The van der Waals surface area contributed by atoms with Crippen molar-refractivity contribution >= 4 is 12.4 Å². The summed E-state index contributed by atoms with van der Waals surface area (Å²) >= 11 is 0. The molecule has 1 fully saturated rings. The highest BCUT2D eigenvalue weighted by Crippen LogP contribution is 2.39. The van der Waals surface area contributed by atoms with E-state index in [0.717, 1.165) is 11.8 Å². The van der Waals surface area contributed by atoms with Crippen LogP contribution in [0.3, 0.4) is 0 Å². The van der Waals surface area contributed by atoms with Gasteiger partial charge in [0, 0.05) is 11.5 Å². The molecular formula is C22H20F4O2. The Hall–Kier alpha value is -2.47. The van der Waals surface area contributed by atoms with Crippen LogP contribution in [0.25, 0.3) is 17.2 Å². The van der Waals surface area contributed by atoms with Crippen molar-refractivity contribution in [1.82, 2.24) is 0 Å². The van der Waals surface area contributed by atoms with Crippen molar-refractivity contribution < 1.29 is 27.1 Å². The first-order chi connectivity index (χ1) is 13.3. The third-order valence-corrected chi connectivity index (χ3v) is 4.85. The van der Waals surface area contributed by atoms with Crippen molar-refractivity contribution in [2.75, 3.05) is 6.61 Å². The van der Waals surface area contributed by atoms with Gasteiger partial charge in [0.2, 0.25) is 0 Å². The SMILES string of the molecule is Cc1ccc(-c2ccc(/C=C/C3CCC(C=O)CO3)c(C(F)(F)F)c2F)cc1. The van der Waals surface area contributed by atoms with Gasteiger partial charge < -0.3 is 9.53 Å². The van der Waals surface area contributed by atoms with E-state index in [9.17, 15) is 22.4 Å². The smallest absolute Gasteiger partial charge is 0.373 e. The Kier molecular flexibility index (Phi) is 5.98. The molecule has 148 valence electrons. The van der Waals surface area contributed by atoms with E-state index in [4.69, 9.17) is 4.74 Å². The van der Waals surface area contributed by atoms with Gasteiger partial charge in [-0.15, -0.1) is 0 Å². The molecule has 0 saturated carbocycles. The molecule has 3 rings (SSSR count). The van der Waals surface area contributed by atoms with E-state index in [2.05, 4.69) is 0 Å². The Labute approximate surface area is 160 Å². The van der Waals surface area contributed by atoms with Crippen molar-refractivity contribution in [3.05, 3.63) is 65.0 Å². The molecule has 0 bridgehead atoms. The Bertz CT molecular complexity index is 861. The van der Waals surface area contributed by atoms with Gasteiger partial charge in [-0.2, -0.15) is 13.2 Å². The van der Waals surface area contributed by atoms with Crippen molar-refractivity contribution in [3.8, 4) is 11.1 Å². The van der Waals surface area contributed by atoms with Crippen molar-refractivity contribution in [1.29, 1.82) is 0 Å².